The second-order valence-corrected chi connectivity index (χ2v) is 7.27. The van der Waals surface area contributed by atoms with E-state index < -0.39 is 20.7 Å². The molecule has 0 bridgehead atoms. The summed E-state index contributed by atoms with van der Waals surface area (Å²) in [7, 11) is -4.08. The number of ketones is 1. The second kappa shape index (κ2) is 7.76. The molecule has 3 rings (SSSR count). The largest absolute Gasteiger partial charge is 0.286 e. The van der Waals surface area contributed by atoms with Crippen LogP contribution in [0.3, 0.4) is 0 Å². The maximum Gasteiger partial charge on any atom is 0.229 e. The summed E-state index contributed by atoms with van der Waals surface area (Å²) in [6.07, 6.45) is 0. The maximum absolute atomic E-state index is 13.0. The predicted octanol–water partition coefficient (Wildman–Crippen LogP) is 3.77. The van der Waals surface area contributed by atoms with Crippen LogP contribution in [0.1, 0.15) is 10.4 Å². The molecule has 0 aromatic heterocycles. The molecule has 0 heterocycles. The molecule has 130 valence electrons. The SMILES string of the molecule is O=C(/C(=N/Nc1ccccc1)S(=O)(=O)c1ccccc1)c1ccccc1. The van der Waals surface area contributed by atoms with Crippen LogP contribution in [0.5, 0.6) is 0 Å². The van der Waals surface area contributed by atoms with Crippen LogP contribution in [-0.4, -0.2) is 19.2 Å². The third-order valence-electron chi connectivity index (χ3n) is 3.60. The van der Waals surface area contributed by atoms with Gasteiger partial charge in [0.2, 0.25) is 20.7 Å². The zero-order valence-corrected chi connectivity index (χ0v) is 14.6. The standard InChI is InChI=1S/C20H16N2O3S/c23-19(16-10-4-1-5-11-16)20(22-21-17-12-6-2-7-13-17)26(24,25)18-14-8-3-9-15-18/h1-15,21H/b22-20-. The van der Waals surface area contributed by atoms with Gasteiger partial charge in [0.05, 0.1) is 10.6 Å². The molecule has 0 radical (unpaired) electrons. The normalized spacial score (nSPS) is 11.8. The van der Waals surface area contributed by atoms with Crippen molar-refractivity contribution in [2.24, 2.45) is 5.10 Å². The average molecular weight is 364 g/mol. The van der Waals surface area contributed by atoms with Crippen LogP contribution in [0.25, 0.3) is 0 Å². The molecule has 3 aromatic rings. The van der Waals surface area contributed by atoms with Crippen molar-refractivity contribution in [3.63, 3.8) is 0 Å². The summed E-state index contributed by atoms with van der Waals surface area (Å²) in [5, 5.41) is 3.39. The van der Waals surface area contributed by atoms with Gasteiger partial charge in [-0.25, -0.2) is 8.42 Å². The summed E-state index contributed by atoms with van der Waals surface area (Å²) in [6, 6.07) is 24.8. The Morgan fingerprint density at radius 2 is 1.23 bits per heavy atom. The number of sulfone groups is 1. The molecule has 6 heteroatoms. The summed E-state index contributed by atoms with van der Waals surface area (Å²) in [4.78, 5) is 12.8. The van der Waals surface area contributed by atoms with E-state index in [2.05, 4.69) is 10.5 Å². The molecule has 0 spiro atoms. The van der Waals surface area contributed by atoms with E-state index in [0.29, 0.717) is 5.69 Å². The van der Waals surface area contributed by atoms with Crippen molar-refractivity contribution in [2.45, 2.75) is 4.90 Å². The van der Waals surface area contributed by atoms with Gasteiger partial charge in [-0.15, -0.1) is 0 Å². The molecule has 0 fully saturated rings. The Balaban J connectivity index is 2.06. The highest BCUT2D eigenvalue weighted by atomic mass is 32.2. The van der Waals surface area contributed by atoms with Gasteiger partial charge in [0.1, 0.15) is 0 Å². The van der Waals surface area contributed by atoms with Crippen molar-refractivity contribution in [2.75, 3.05) is 5.43 Å². The van der Waals surface area contributed by atoms with E-state index in [9.17, 15) is 13.2 Å². The van der Waals surface area contributed by atoms with Gasteiger partial charge in [-0.05, 0) is 24.3 Å². The number of nitrogens with one attached hydrogen (secondary N) is 1. The molecular formula is C20H16N2O3S. The lowest BCUT2D eigenvalue weighted by Gasteiger charge is -2.09. The van der Waals surface area contributed by atoms with Crippen LogP contribution in [0.15, 0.2) is 101 Å². The third kappa shape index (κ3) is 3.87. The number of Topliss-reactive ketones (excluding diaryl/α,β-unsaturated/α-hetero) is 1. The van der Waals surface area contributed by atoms with E-state index in [1.54, 1.807) is 72.8 Å². The monoisotopic (exact) mass is 364 g/mol. The molecule has 26 heavy (non-hydrogen) atoms. The van der Waals surface area contributed by atoms with Crippen molar-refractivity contribution in [1.82, 2.24) is 0 Å². The van der Waals surface area contributed by atoms with Crippen molar-refractivity contribution in [3.8, 4) is 0 Å². The lowest BCUT2D eigenvalue weighted by atomic mass is 10.1. The zero-order chi connectivity index (χ0) is 18.4. The summed E-state index contributed by atoms with van der Waals surface area (Å²) < 4.78 is 26.0. The van der Waals surface area contributed by atoms with Gasteiger partial charge in [0.25, 0.3) is 0 Å². The first-order valence-electron chi connectivity index (χ1n) is 7.87. The first-order valence-corrected chi connectivity index (χ1v) is 9.36. The van der Waals surface area contributed by atoms with E-state index in [0.717, 1.165) is 0 Å². The van der Waals surface area contributed by atoms with E-state index in [-0.39, 0.29) is 10.5 Å². The number of hydrogen-bond donors (Lipinski definition) is 1. The lowest BCUT2D eigenvalue weighted by molar-refractivity contribution is 0.106. The van der Waals surface area contributed by atoms with Crippen LogP contribution in [0.4, 0.5) is 5.69 Å². The minimum Gasteiger partial charge on any atom is -0.286 e. The second-order valence-electron chi connectivity index (χ2n) is 5.41. The molecular weight excluding hydrogens is 348 g/mol. The topological polar surface area (TPSA) is 75.6 Å². The smallest absolute Gasteiger partial charge is 0.229 e. The number of anilines is 1. The molecule has 0 atom stereocenters. The summed E-state index contributed by atoms with van der Waals surface area (Å²) in [5.41, 5.74) is 3.49. The quantitative estimate of drug-likeness (QED) is 0.324. The molecule has 0 amide bonds. The summed E-state index contributed by atoms with van der Waals surface area (Å²) in [5.74, 6) is -0.669. The van der Waals surface area contributed by atoms with Crippen molar-refractivity contribution >= 4 is 26.4 Å². The molecule has 0 aliphatic carbocycles. The Kier molecular flexibility index (Phi) is 5.24. The number of hydrogen-bond acceptors (Lipinski definition) is 5. The fraction of sp³-hybridized carbons (Fsp3) is 0. The molecule has 0 aliphatic rings. The highest BCUT2D eigenvalue weighted by Gasteiger charge is 2.30. The van der Waals surface area contributed by atoms with Crippen LogP contribution in [0, 0.1) is 0 Å². The number of carbonyl (C=O) groups is 1. The molecule has 0 aliphatic heterocycles. The first kappa shape index (κ1) is 17.6. The zero-order valence-electron chi connectivity index (χ0n) is 13.7. The minimum atomic E-state index is -4.08. The molecule has 0 unspecified atom stereocenters. The van der Waals surface area contributed by atoms with Gasteiger partial charge < -0.3 is 0 Å². The first-order chi connectivity index (χ1) is 12.6. The van der Waals surface area contributed by atoms with Crippen molar-refractivity contribution in [1.29, 1.82) is 0 Å². The van der Waals surface area contributed by atoms with Crippen molar-refractivity contribution in [3.05, 3.63) is 96.6 Å². The molecule has 5 nitrogen and oxygen atoms in total. The number of benzene rings is 3. The number of para-hydroxylation sites is 1. The van der Waals surface area contributed by atoms with Gasteiger partial charge in [-0.2, -0.15) is 5.10 Å². The molecule has 3 aromatic carbocycles. The van der Waals surface area contributed by atoms with E-state index >= 15 is 0 Å². The van der Waals surface area contributed by atoms with Gasteiger partial charge in [-0.3, -0.25) is 10.2 Å². The highest BCUT2D eigenvalue weighted by molar-refractivity contribution is 8.08. The molecule has 0 saturated carbocycles. The fourth-order valence-corrected chi connectivity index (χ4v) is 3.55. The van der Waals surface area contributed by atoms with Gasteiger partial charge in [-0.1, -0.05) is 66.7 Å². The van der Waals surface area contributed by atoms with E-state index in [1.165, 1.54) is 12.1 Å². The Morgan fingerprint density at radius 1 is 0.731 bits per heavy atom. The predicted molar refractivity (Wildman–Crippen MR) is 102 cm³/mol. The number of carbonyl (C=O) groups excluding carboxylic acids is 1. The minimum absolute atomic E-state index is 0.0119. The van der Waals surface area contributed by atoms with Crippen LogP contribution < -0.4 is 5.43 Å². The Hall–Kier alpha value is -3.25. The van der Waals surface area contributed by atoms with Gasteiger partial charge in [0, 0.05) is 5.56 Å². The van der Waals surface area contributed by atoms with Crippen LogP contribution in [0.2, 0.25) is 0 Å². The molecule has 1 N–H and O–H groups in total. The van der Waals surface area contributed by atoms with Gasteiger partial charge in [0.15, 0.2) is 0 Å². The van der Waals surface area contributed by atoms with Crippen LogP contribution >= 0.6 is 0 Å². The average Bonchev–Trinajstić information content (AvgIpc) is 2.70. The Labute approximate surface area is 151 Å². The fourth-order valence-electron chi connectivity index (χ4n) is 2.29. The number of rotatable bonds is 5. The van der Waals surface area contributed by atoms with Crippen LogP contribution in [-0.2, 0) is 9.84 Å². The summed E-state index contributed by atoms with van der Waals surface area (Å²) >= 11 is 0. The number of hydrazone groups is 1. The van der Waals surface area contributed by atoms with Gasteiger partial charge >= 0.3 is 0 Å². The van der Waals surface area contributed by atoms with E-state index in [4.69, 9.17) is 0 Å². The highest BCUT2D eigenvalue weighted by Crippen LogP contribution is 2.16. The summed E-state index contributed by atoms with van der Waals surface area (Å²) in [6.45, 7) is 0. The third-order valence-corrected chi connectivity index (χ3v) is 5.28. The maximum atomic E-state index is 13.0. The molecule has 0 saturated heterocycles. The lowest BCUT2D eigenvalue weighted by Crippen LogP contribution is -2.26. The number of nitrogens with zero attached hydrogens (tertiary/aromatic N) is 1. The Bertz CT molecular complexity index is 1020. The van der Waals surface area contributed by atoms with E-state index in [1.807, 2.05) is 6.07 Å². The Morgan fingerprint density at radius 3 is 1.81 bits per heavy atom. The van der Waals surface area contributed by atoms with Crippen molar-refractivity contribution < 1.29 is 13.2 Å².